The maximum atomic E-state index is 5.05. The Balaban J connectivity index is 1.87. The van der Waals surface area contributed by atoms with Gasteiger partial charge in [0.05, 0.1) is 12.6 Å². The van der Waals surface area contributed by atoms with Crippen LogP contribution in [0.1, 0.15) is 51.4 Å². The van der Waals surface area contributed by atoms with Gasteiger partial charge >= 0.3 is 0 Å². The molecule has 1 heterocycles. The highest BCUT2D eigenvalue weighted by molar-refractivity contribution is 4.90. The Bertz CT molecular complexity index is 387. The maximum absolute atomic E-state index is 5.05. The van der Waals surface area contributed by atoms with Crippen molar-refractivity contribution in [1.29, 1.82) is 0 Å². The molecule has 1 atom stereocenters. The topological polar surface area (TPSA) is 64.9 Å². The lowest BCUT2D eigenvalue weighted by Gasteiger charge is -2.26. The maximum Gasteiger partial charge on any atom is 0.167 e. The van der Waals surface area contributed by atoms with Crippen LogP contribution in [0.3, 0.4) is 0 Å². The molecule has 2 rings (SSSR count). The van der Waals surface area contributed by atoms with Crippen LogP contribution >= 0.6 is 0 Å². The molecule has 1 aliphatic carbocycles. The molecular formula is C14H27N5O. The van der Waals surface area contributed by atoms with Crippen LogP contribution in [0.15, 0.2) is 0 Å². The smallest absolute Gasteiger partial charge is 0.167 e. The van der Waals surface area contributed by atoms with Gasteiger partial charge in [-0.05, 0) is 42.0 Å². The van der Waals surface area contributed by atoms with E-state index in [-0.39, 0.29) is 6.04 Å². The van der Waals surface area contributed by atoms with Crippen LogP contribution < -0.4 is 5.32 Å². The van der Waals surface area contributed by atoms with Crippen molar-refractivity contribution >= 4 is 0 Å². The fourth-order valence-corrected chi connectivity index (χ4v) is 2.88. The lowest BCUT2D eigenvalue weighted by atomic mass is 9.83. The SMILES string of the molecule is COCCNC(C)c1nnnn1CC1CCC(C)CC1. The lowest BCUT2D eigenvalue weighted by Crippen LogP contribution is -2.27. The van der Waals surface area contributed by atoms with E-state index >= 15 is 0 Å². The summed E-state index contributed by atoms with van der Waals surface area (Å²) >= 11 is 0. The molecule has 1 aromatic heterocycles. The zero-order valence-electron chi connectivity index (χ0n) is 12.9. The fourth-order valence-electron chi connectivity index (χ4n) is 2.88. The number of hydrogen-bond acceptors (Lipinski definition) is 5. The zero-order valence-corrected chi connectivity index (χ0v) is 12.9. The molecule has 114 valence electrons. The minimum atomic E-state index is 0.155. The van der Waals surface area contributed by atoms with Crippen LogP contribution in [0.25, 0.3) is 0 Å². The van der Waals surface area contributed by atoms with E-state index in [1.54, 1.807) is 7.11 Å². The van der Waals surface area contributed by atoms with Crippen molar-refractivity contribution in [2.45, 2.75) is 52.1 Å². The molecule has 6 heteroatoms. The fraction of sp³-hybridized carbons (Fsp3) is 0.929. The van der Waals surface area contributed by atoms with Gasteiger partial charge in [-0.3, -0.25) is 0 Å². The van der Waals surface area contributed by atoms with Gasteiger partial charge in [0.15, 0.2) is 5.82 Å². The number of aromatic nitrogens is 4. The monoisotopic (exact) mass is 281 g/mol. The second-order valence-electron chi connectivity index (χ2n) is 6.01. The highest BCUT2D eigenvalue weighted by Crippen LogP contribution is 2.29. The molecule has 20 heavy (non-hydrogen) atoms. The van der Waals surface area contributed by atoms with Crippen LogP contribution in [0, 0.1) is 11.8 Å². The van der Waals surface area contributed by atoms with E-state index in [0.29, 0.717) is 6.61 Å². The molecule has 1 N–H and O–H groups in total. The first-order valence-corrected chi connectivity index (χ1v) is 7.69. The van der Waals surface area contributed by atoms with E-state index < -0.39 is 0 Å². The third-order valence-electron chi connectivity index (χ3n) is 4.27. The first-order valence-electron chi connectivity index (χ1n) is 7.69. The summed E-state index contributed by atoms with van der Waals surface area (Å²) in [6, 6.07) is 0.155. The van der Waals surface area contributed by atoms with Crippen molar-refractivity contribution in [1.82, 2.24) is 25.5 Å². The van der Waals surface area contributed by atoms with Crippen molar-refractivity contribution in [3.05, 3.63) is 5.82 Å². The summed E-state index contributed by atoms with van der Waals surface area (Å²) in [7, 11) is 1.71. The first kappa shape index (κ1) is 15.4. The minimum absolute atomic E-state index is 0.155. The average molecular weight is 281 g/mol. The van der Waals surface area contributed by atoms with Crippen LogP contribution in [0.5, 0.6) is 0 Å². The number of ether oxygens (including phenoxy) is 1. The number of methoxy groups -OCH3 is 1. The Morgan fingerprint density at radius 3 is 2.80 bits per heavy atom. The van der Waals surface area contributed by atoms with Gasteiger partial charge < -0.3 is 10.1 Å². The molecule has 0 radical (unpaired) electrons. The van der Waals surface area contributed by atoms with Gasteiger partial charge in [0.25, 0.3) is 0 Å². The molecule has 1 fully saturated rings. The van der Waals surface area contributed by atoms with Gasteiger partial charge in [-0.1, -0.05) is 19.8 Å². The molecule has 1 saturated carbocycles. The number of tetrazole rings is 1. The highest BCUT2D eigenvalue weighted by atomic mass is 16.5. The number of nitrogens with one attached hydrogen (secondary N) is 1. The van der Waals surface area contributed by atoms with Gasteiger partial charge in [0, 0.05) is 20.2 Å². The van der Waals surface area contributed by atoms with Gasteiger partial charge in [-0.15, -0.1) is 5.10 Å². The molecule has 1 aromatic rings. The van der Waals surface area contributed by atoms with Gasteiger partial charge in [-0.2, -0.15) is 0 Å². The molecule has 1 unspecified atom stereocenters. The summed E-state index contributed by atoms with van der Waals surface area (Å²) in [4.78, 5) is 0. The van der Waals surface area contributed by atoms with Crippen molar-refractivity contribution in [2.24, 2.45) is 11.8 Å². The first-order chi connectivity index (χ1) is 9.70. The van der Waals surface area contributed by atoms with Crippen molar-refractivity contribution in [3.63, 3.8) is 0 Å². The third kappa shape index (κ3) is 4.24. The molecule has 0 bridgehead atoms. The Kier molecular flexibility index (Phi) is 5.91. The predicted octanol–water partition coefficient (Wildman–Crippen LogP) is 1.80. The van der Waals surface area contributed by atoms with E-state index in [0.717, 1.165) is 30.7 Å². The largest absolute Gasteiger partial charge is 0.383 e. The molecule has 0 amide bonds. The standard InChI is InChI=1S/C14H27N5O/c1-11-4-6-13(7-5-11)10-19-14(16-17-18-19)12(2)15-8-9-20-3/h11-13,15H,4-10H2,1-3H3. The average Bonchev–Trinajstić information content (AvgIpc) is 2.90. The van der Waals surface area contributed by atoms with Crippen LogP contribution in [-0.2, 0) is 11.3 Å². The minimum Gasteiger partial charge on any atom is -0.383 e. The van der Waals surface area contributed by atoms with Crippen molar-refractivity contribution in [2.75, 3.05) is 20.3 Å². The van der Waals surface area contributed by atoms with E-state index in [4.69, 9.17) is 4.74 Å². The number of nitrogens with zero attached hydrogens (tertiary/aromatic N) is 4. The van der Waals surface area contributed by atoms with E-state index in [9.17, 15) is 0 Å². The Morgan fingerprint density at radius 1 is 1.35 bits per heavy atom. The molecule has 1 aliphatic rings. The molecular weight excluding hydrogens is 254 g/mol. The highest BCUT2D eigenvalue weighted by Gasteiger charge is 2.21. The Hall–Kier alpha value is -1.01. The molecule has 0 aromatic carbocycles. The van der Waals surface area contributed by atoms with Gasteiger partial charge in [-0.25, -0.2) is 4.68 Å². The second-order valence-corrected chi connectivity index (χ2v) is 6.01. The summed E-state index contributed by atoms with van der Waals surface area (Å²) in [5, 5.41) is 15.6. The van der Waals surface area contributed by atoms with E-state index in [1.807, 2.05) is 4.68 Å². The predicted molar refractivity (Wildman–Crippen MR) is 77.2 cm³/mol. The summed E-state index contributed by atoms with van der Waals surface area (Å²) in [6.45, 7) is 6.91. The van der Waals surface area contributed by atoms with Crippen LogP contribution in [0.2, 0.25) is 0 Å². The van der Waals surface area contributed by atoms with Gasteiger partial charge in [0.1, 0.15) is 0 Å². The summed E-state index contributed by atoms with van der Waals surface area (Å²) in [6.07, 6.45) is 5.27. The summed E-state index contributed by atoms with van der Waals surface area (Å²) in [5.74, 6) is 2.54. The second kappa shape index (κ2) is 7.69. The molecule has 0 saturated heterocycles. The van der Waals surface area contributed by atoms with Gasteiger partial charge in [0.2, 0.25) is 0 Å². The Labute approximate surface area is 121 Å². The summed E-state index contributed by atoms with van der Waals surface area (Å²) < 4.78 is 7.03. The molecule has 6 nitrogen and oxygen atoms in total. The van der Waals surface area contributed by atoms with Crippen molar-refractivity contribution in [3.8, 4) is 0 Å². The Morgan fingerprint density at radius 2 is 2.10 bits per heavy atom. The normalized spacial score (nSPS) is 24.8. The summed E-state index contributed by atoms with van der Waals surface area (Å²) in [5.41, 5.74) is 0. The molecule has 0 aliphatic heterocycles. The zero-order chi connectivity index (χ0) is 14.4. The number of hydrogen-bond donors (Lipinski definition) is 1. The third-order valence-corrected chi connectivity index (χ3v) is 4.27. The lowest BCUT2D eigenvalue weighted by molar-refractivity contribution is 0.195. The number of rotatable bonds is 7. The van der Waals surface area contributed by atoms with E-state index in [2.05, 4.69) is 34.7 Å². The molecule has 0 spiro atoms. The quantitative estimate of drug-likeness (QED) is 0.772. The van der Waals surface area contributed by atoms with Crippen molar-refractivity contribution < 1.29 is 4.74 Å². The van der Waals surface area contributed by atoms with Crippen LogP contribution in [0.4, 0.5) is 0 Å². The van der Waals surface area contributed by atoms with Crippen LogP contribution in [-0.4, -0.2) is 40.5 Å². The van der Waals surface area contributed by atoms with E-state index in [1.165, 1.54) is 25.7 Å².